The molecule has 0 bridgehead atoms. The molecule has 0 aliphatic heterocycles. The Bertz CT molecular complexity index is 395. The number of carbonyl (C=O) groups is 1. The van der Waals surface area contributed by atoms with Crippen LogP contribution in [0.15, 0.2) is 18.2 Å². The van der Waals surface area contributed by atoms with Crippen molar-refractivity contribution >= 4 is 12.0 Å². The van der Waals surface area contributed by atoms with Crippen LogP contribution >= 0.6 is 0 Å². The Hall–Kier alpha value is -1.82. The van der Waals surface area contributed by atoms with Crippen molar-refractivity contribution < 1.29 is 9.18 Å². The molecule has 0 amide bonds. The van der Waals surface area contributed by atoms with Gasteiger partial charge in [0.05, 0.1) is 12.2 Å². The quantitative estimate of drug-likeness (QED) is 0.554. The van der Waals surface area contributed by atoms with E-state index < -0.39 is 5.82 Å². The minimum atomic E-state index is -0.420. The molecule has 2 nitrogen and oxygen atoms in total. The lowest BCUT2D eigenvalue weighted by molar-refractivity contribution is 0.112. The number of halogens is 1. The second kappa shape index (κ2) is 5.16. The molecule has 0 fully saturated rings. The highest BCUT2D eigenvalue weighted by Crippen LogP contribution is 2.22. The summed E-state index contributed by atoms with van der Waals surface area (Å²) in [4.78, 5) is 12.4. The summed E-state index contributed by atoms with van der Waals surface area (Å²) >= 11 is 0. The largest absolute Gasteiger partial charge is 0.358 e. The van der Waals surface area contributed by atoms with Gasteiger partial charge in [-0.1, -0.05) is 12.0 Å². The Morgan fingerprint density at radius 3 is 2.87 bits per heavy atom. The van der Waals surface area contributed by atoms with E-state index in [2.05, 4.69) is 5.92 Å². The van der Waals surface area contributed by atoms with Crippen molar-refractivity contribution in [1.82, 2.24) is 0 Å². The maximum atomic E-state index is 13.5. The van der Waals surface area contributed by atoms with Gasteiger partial charge in [0.25, 0.3) is 0 Å². The zero-order valence-electron chi connectivity index (χ0n) is 8.53. The number of benzene rings is 1. The molecular formula is C12H12FNO. The highest BCUT2D eigenvalue weighted by molar-refractivity contribution is 5.84. The number of aldehydes is 1. The van der Waals surface area contributed by atoms with E-state index in [1.165, 1.54) is 12.1 Å². The summed E-state index contributed by atoms with van der Waals surface area (Å²) in [5.74, 6) is 2.02. The van der Waals surface area contributed by atoms with Crippen molar-refractivity contribution in [2.45, 2.75) is 6.92 Å². The van der Waals surface area contributed by atoms with Crippen LogP contribution in [0.25, 0.3) is 0 Å². The Kier molecular flexibility index (Phi) is 3.87. The first-order valence-corrected chi connectivity index (χ1v) is 4.66. The fraction of sp³-hybridized carbons (Fsp3) is 0.250. The maximum Gasteiger partial charge on any atom is 0.152 e. The number of carbonyl (C=O) groups excluding carboxylic acids is 1. The molecule has 0 N–H and O–H groups in total. The van der Waals surface area contributed by atoms with Gasteiger partial charge in [0, 0.05) is 12.1 Å². The number of anilines is 1. The normalized spacial score (nSPS) is 9.40. The minimum Gasteiger partial charge on any atom is -0.358 e. The van der Waals surface area contributed by atoms with E-state index in [1.807, 2.05) is 6.92 Å². The lowest BCUT2D eigenvalue weighted by atomic mass is 10.1. The van der Waals surface area contributed by atoms with Crippen LogP contribution in [0.5, 0.6) is 0 Å². The molecule has 0 unspecified atom stereocenters. The molecule has 0 spiro atoms. The third kappa shape index (κ3) is 2.35. The van der Waals surface area contributed by atoms with Gasteiger partial charge in [0.2, 0.25) is 0 Å². The van der Waals surface area contributed by atoms with Crippen LogP contribution in [0.2, 0.25) is 0 Å². The SMILES string of the molecule is C#CCN(CC)c1c(F)cccc1C=O. The van der Waals surface area contributed by atoms with E-state index in [4.69, 9.17) is 6.42 Å². The first kappa shape index (κ1) is 11.3. The van der Waals surface area contributed by atoms with Crippen molar-refractivity contribution in [3.63, 3.8) is 0 Å². The lowest BCUT2D eigenvalue weighted by Gasteiger charge is -2.22. The van der Waals surface area contributed by atoms with Gasteiger partial charge in [0.1, 0.15) is 5.82 Å². The predicted octanol–water partition coefficient (Wildman–Crippen LogP) is 2.10. The Morgan fingerprint density at radius 1 is 1.60 bits per heavy atom. The fourth-order valence-electron chi connectivity index (χ4n) is 1.42. The van der Waals surface area contributed by atoms with E-state index in [0.29, 0.717) is 18.4 Å². The summed E-state index contributed by atoms with van der Waals surface area (Å²) in [6.07, 6.45) is 5.82. The second-order valence-corrected chi connectivity index (χ2v) is 3.01. The summed E-state index contributed by atoms with van der Waals surface area (Å²) in [5, 5.41) is 0. The van der Waals surface area contributed by atoms with Gasteiger partial charge in [-0.15, -0.1) is 6.42 Å². The number of rotatable bonds is 4. The molecule has 0 aliphatic rings. The summed E-state index contributed by atoms with van der Waals surface area (Å²) < 4.78 is 13.5. The molecule has 78 valence electrons. The highest BCUT2D eigenvalue weighted by atomic mass is 19.1. The average molecular weight is 205 g/mol. The number of terminal acetylenes is 1. The molecule has 3 heteroatoms. The monoisotopic (exact) mass is 205 g/mol. The van der Waals surface area contributed by atoms with Crippen molar-refractivity contribution in [2.24, 2.45) is 0 Å². The van der Waals surface area contributed by atoms with Crippen LogP contribution in [0.1, 0.15) is 17.3 Å². The van der Waals surface area contributed by atoms with Gasteiger partial charge in [-0.2, -0.15) is 0 Å². The van der Waals surface area contributed by atoms with E-state index in [9.17, 15) is 9.18 Å². The van der Waals surface area contributed by atoms with Crippen LogP contribution in [0, 0.1) is 18.2 Å². The molecule has 1 rings (SSSR count). The van der Waals surface area contributed by atoms with Crippen LogP contribution in [-0.4, -0.2) is 19.4 Å². The molecule has 0 saturated carbocycles. The van der Waals surface area contributed by atoms with Crippen molar-refractivity contribution in [3.8, 4) is 12.3 Å². The van der Waals surface area contributed by atoms with Crippen molar-refractivity contribution in [3.05, 3.63) is 29.6 Å². The van der Waals surface area contributed by atoms with Gasteiger partial charge in [-0.3, -0.25) is 4.79 Å². The number of hydrogen-bond acceptors (Lipinski definition) is 2. The van der Waals surface area contributed by atoms with Crippen molar-refractivity contribution in [1.29, 1.82) is 0 Å². The predicted molar refractivity (Wildman–Crippen MR) is 58.5 cm³/mol. The van der Waals surface area contributed by atoms with E-state index >= 15 is 0 Å². The molecular weight excluding hydrogens is 193 g/mol. The zero-order chi connectivity index (χ0) is 11.3. The first-order valence-electron chi connectivity index (χ1n) is 4.66. The number of hydrogen-bond donors (Lipinski definition) is 0. The second-order valence-electron chi connectivity index (χ2n) is 3.01. The molecule has 0 heterocycles. The van der Waals surface area contributed by atoms with Gasteiger partial charge >= 0.3 is 0 Å². The van der Waals surface area contributed by atoms with Gasteiger partial charge in [-0.05, 0) is 19.1 Å². The van der Waals surface area contributed by atoms with Crippen LogP contribution in [0.4, 0.5) is 10.1 Å². The molecule has 0 aromatic heterocycles. The zero-order valence-corrected chi connectivity index (χ0v) is 8.53. The molecule has 1 aromatic carbocycles. The summed E-state index contributed by atoms with van der Waals surface area (Å²) in [6.45, 7) is 2.71. The van der Waals surface area contributed by atoms with Gasteiger partial charge < -0.3 is 4.90 Å². The Morgan fingerprint density at radius 2 is 2.33 bits per heavy atom. The fourth-order valence-corrected chi connectivity index (χ4v) is 1.42. The van der Waals surface area contributed by atoms with Crippen LogP contribution < -0.4 is 4.90 Å². The summed E-state index contributed by atoms with van der Waals surface area (Å²) in [5.41, 5.74) is 0.611. The average Bonchev–Trinajstić information content (AvgIpc) is 2.26. The molecule has 0 atom stereocenters. The van der Waals surface area contributed by atoms with Gasteiger partial charge in [-0.25, -0.2) is 4.39 Å². The summed E-state index contributed by atoms with van der Waals surface area (Å²) in [7, 11) is 0. The topological polar surface area (TPSA) is 20.3 Å². The van der Waals surface area contributed by atoms with E-state index in [0.717, 1.165) is 0 Å². The molecule has 15 heavy (non-hydrogen) atoms. The first-order chi connectivity index (χ1) is 7.24. The Labute approximate surface area is 88.7 Å². The lowest BCUT2D eigenvalue weighted by Crippen LogP contribution is -2.25. The molecule has 0 aliphatic carbocycles. The summed E-state index contributed by atoms with van der Waals surface area (Å²) in [6, 6.07) is 4.40. The Balaban J connectivity index is 3.20. The minimum absolute atomic E-state index is 0.285. The van der Waals surface area contributed by atoms with E-state index in [-0.39, 0.29) is 12.2 Å². The molecule has 0 saturated heterocycles. The molecule has 1 aromatic rings. The third-order valence-electron chi connectivity index (χ3n) is 2.13. The van der Waals surface area contributed by atoms with Gasteiger partial charge in [0.15, 0.2) is 6.29 Å². The smallest absolute Gasteiger partial charge is 0.152 e. The van der Waals surface area contributed by atoms with E-state index in [1.54, 1.807) is 11.0 Å². The number of nitrogens with zero attached hydrogens (tertiary/aromatic N) is 1. The standard InChI is InChI=1S/C12H12FNO/c1-3-8-14(4-2)12-10(9-15)6-5-7-11(12)13/h1,5-7,9H,4,8H2,2H3. The number of para-hydroxylation sites is 1. The van der Waals surface area contributed by atoms with Crippen molar-refractivity contribution in [2.75, 3.05) is 18.0 Å². The van der Waals surface area contributed by atoms with Crippen LogP contribution in [-0.2, 0) is 0 Å². The van der Waals surface area contributed by atoms with Crippen LogP contribution in [0.3, 0.4) is 0 Å². The third-order valence-corrected chi connectivity index (χ3v) is 2.13. The maximum absolute atomic E-state index is 13.5. The highest BCUT2D eigenvalue weighted by Gasteiger charge is 2.13. The molecule has 0 radical (unpaired) electrons.